The van der Waals surface area contributed by atoms with E-state index in [9.17, 15) is 0 Å². The molecule has 0 saturated heterocycles. The first-order valence-electron chi connectivity index (χ1n) is 6.41. The maximum Gasteiger partial charge on any atom is 0.137 e. The van der Waals surface area contributed by atoms with Crippen molar-refractivity contribution in [2.75, 3.05) is 6.54 Å². The molecule has 100 valence electrons. The van der Waals surface area contributed by atoms with Crippen molar-refractivity contribution in [3.8, 4) is 5.75 Å². The van der Waals surface area contributed by atoms with Gasteiger partial charge in [0.1, 0.15) is 11.9 Å². The summed E-state index contributed by atoms with van der Waals surface area (Å²) in [7, 11) is 0. The molecular formula is C16H18BrNO. The highest BCUT2D eigenvalue weighted by molar-refractivity contribution is 9.10. The van der Waals surface area contributed by atoms with Crippen molar-refractivity contribution in [1.82, 2.24) is 0 Å². The van der Waals surface area contributed by atoms with Crippen molar-refractivity contribution in [3.63, 3.8) is 0 Å². The summed E-state index contributed by atoms with van der Waals surface area (Å²) in [6.07, 6.45) is 0.826. The molecule has 0 fully saturated rings. The van der Waals surface area contributed by atoms with Crippen LogP contribution < -0.4 is 10.5 Å². The molecule has 0 aliphatic rings. The average molecular weight is 320 g/mol. The first kappa shape index (κ1) is 14.1. The van der Waals surface area contributed by atoms with E-state index in [4.69, 9.17) is 10.5 Å². The predicted molar refractivity (Wildman–Crippen MR) is 82.4 cm³/mol. The van der Waals surface area contributed by atoms with Gasteiger partial charge in [-0.05, 0) is 53.0 Å². The number of halogens is 1. The maximum absolute atomic E-state index is 6.11. The van der Waals surface area contributed by atoms with E-state index < -0.39 is 0 Å². The Kier molecular flexibility index (Phi) is 5.00. The SMILES string of the molecule is CC(Oc1c(Br)cccc1CCN)c1ccccc1. The highest BCUT2D eigenvalue weighted by atomic mass is 79.9. The molecule has 1 atom stereocenters. The number of ether oxygens (including phenoxy) is 1. The lowest BCUT2D eigenvalue weighted by Crippen LogP contribution is -2.08. The summed E-state index contributed by atoms with van der Waals surface area (Å²) in [5, 5.41) is 0. The molecule has 1 unspecified atom stereocenters. The minimum absolute atomic E-state index is 0.0106. The third kappa shape index (κ3) is 3.58. The summed E-state index contributed by atoms with van der Waals surface area (Å²) in [6.45, 7) is 2.67. The number of hydrogen-bond acceptors (Lipinski definition) is 2. The van der Waals surface area contributed by atoms with Gasteiger partial charge in [0, 0.05) is 0 Å². The molecule has 0 amide bonds. The van der Waals surface area contributed by atoms with E-state index in [1.165, 1.54) is 0 Å². The van der Waals surface area contributed by atoms with E-state index in [-0.39, 0.29) is 6.10 Å². The van der Waals surface area contributed by atoms with Gasteiger partial charge in [0.25, 0.3) is 0 Å². The second kappa shape index (κ2) is 6.73. The van der Waals surface area contributed by atoms with Gasteiger partial charge in [0.2, 0.25) is 0 Å². The summed E-state index contributed by atoms with van der Waals surface area (Å²) in [6, 6.07) is 16.3. The van der Waals surface area contributed by atoms with Crippen LogP contribution in [-0.2, 0) is 6.42 Å². The lowest BCUT2D eigenvalue weighted by Gasteiger charge is -2.19. The van der Waals surface area contributed by atoms with Crippen molar-refractivity contribution < 1.29 is 4.74 Å². The monoisotopic (exact) mass is 319 g/mol. The third-order valence-corrected chi connectivity index (χ3v) is 3.65. The molecule has 0 aliphatic carbocycles. The van der Waals surface area contributed by atoms with E-state index in [0.29, 0.717) is 6.54 Å². The topological polar surface area (TPSA) is 35.2 Å². The van der Waals surface area contributed by atoms with E-state index >= 15 is 0 Å². The van der Waals surface area contributed by atoms with Crippen molar-refractivity contribution in [2.24, 2.45) is 5.73 Å². The Bertz CT molecular complexity index is 528. The molecule has 0 spiro atoms. The van der Waals surface area contributed by atoms with Crippen molar-refractivity contribution >= 4 is 15.9 Å². The van der Waals surface area contributed by atoms with Gasteiger partial charge >= 0.3 is 0 Å². The van der Waals surface area contributed by atoms with Crippen LogP contribution in [0.1, 0.15) is 24.2 Å². The van der Waals surface area contributed by atoms with Crippen LogP contribution in [0.15, 0.2) is 53.0 Å². The molecule has 2 aromatic carbocycles. The molecule has 2 nitrogen and oxygen atoms in total. The van der Waals surface area contributed by atoms with Crippen LogP contribution in [0.3, 0.4) is 0 Å². The Labute approximate surface area is 122 Å². The lowest BCUT2D eigenvalue weighted by atomic mass is 10.1. The minimum Gasteiger partial charge on any atom is -0.485 e. The maximum atomic E-state index is 6.11. The molecule has 0 saturated carbocycles. The first-order valence-corrected chi connectivity index (χ1v) is 7.20. The van der Waals surface area contributed by atoms with Gasteiger partial charge in [-0.2, -0.15) is 0 Å². The van der Waals surface area contributed by atoms with Gasteiger partial charge in [-0.3, -0.25) is 0 Å². The Hall–Kier alpha value is -1.32. The van der Waals surface area contributed by atoms with E-state index in [1.807, 2.05) is 30.3 Å². The quantitative estimate of drug-likeness (QED) is 0.900. The number of rotatable bonds is 5. The summed E-state index contributed by atoms with van der Waals surface area (Å²) in [5.41, 5.74) is 7.95. The van der Waals surface area contributed by atoms with Crippen LogP contribution >= 0.6 is 15.9 Å². The smallest absolute Gasteiger partial charge is 0.137 e. The molecule has 3 heteroatoms. The largest absolute Gasteiger partial charge is 0.485 e. The average Bonchev–Trinajstić information content (AvgIpc) is 2.44. The molecule has 2 N–H and O–H groups in total. The van der Waals surface area contributed by atoms with Crippen LogP contribution in [0.2, 0.25) is 0 Å². The van der Waals surface area contributed by atoms with Crippen LogP contribution in [0.4, 0.5) is 0 Å². The Morgan fingerprint density at radius 2 is 1.84 bits per heavy atom. The van der Waals surface area contributed by atoms with Gasteiger partial charge in [-0.25, -0.2) is 0 Å². The Morgan fingerprint density at radius 3 is 2.53 bits per heavy atom. The van der Waals surface area contributed by atoms with Crippen molar-refractivity contribution in [1.29, 1.82) is 0 Å². The Balaban J connectivity index is 2.23. The molecule has 0 aromatic heterocycles. The third-order valence-electron chi connectivity index (χ3n) is 3.03. The lowest BCUT2D eigenvalue weighted by molar-refractivity contribution is 0.223. The van der Waals surface area contributed by atoms with Crippen molar-refractivity contribution in [3.05, 3.63) is 64.1 Å². The van der Waals surface area contributed by atoms with Crippen LogP contribution in [-0.4, -0.2) is 6.54 Å². The summed E-state index contributed by atoms with van der Waals surface area (Å²) >= 11 is 3.55. The number of hydrogen-bond donors (Lipinski definition) is 1. The summed E-state index contributed by atoms with van der Waals surface area (Å²) < 4.78 is 7.09. The van der Waals surface area contributed by atoms with E-state index in [0.717, 1.165) is 27.8 Å². The molecule has 2 rings (SSSR count). The standard InChI is InChI=1S/C16H18BrNO/c1-12(13-6-3-2-4-7-13)19-16-14(10-11-18)8-5-9-15(16)17/h2-9,12H,10-11,18H2,1H3. The van der Waals surface area contributed by atoms with Gasteiger partial charge < -0.3 is 10.5 Å². The van der Waals surface area contributed by atoms with Gasteiger partial charge in [0.05, 0.1) is 4.47 Å². The number of para-hydroxylation sites is 1. The van der Waals surface area contributed by atoms with Gasteiger partial charge in [-0.15, -0.1) is 0 Å². The van der Waals surface area contributed by atoms with Crippen molar-refractivity contribution in [2.45, 2.75) is 19.4 Å². The molecular weight excluding hydrogens is 302 g/mol. The zero-order valence-electron chi connectivity index (χ0n) is 11.0. The van der Waals surface area contributed by atoms with E-state index in [1.54, 1.807) is 0 Å². The van der Waals surface area contributed by atoms with E-state index in [2.05, 4.69) is 41.1 Å². The minimum atomic E-state index is 0.0106. The zero-order valence-corrected chi connectivity index (χ0v) is 12.6. The highest BCUT2D eigenvalue weighted by Gasteiger charge is 2.12. The molecule has 0 aliphatic heterocycles. The fourth-order valence-corrected chi connectivity index (χ4v) is 2.51. The fraction of sp³-hybridized carbons (Fsp3) is 0.250. The molecule has 2 aromatic rings. The second-order valence-electron chi connectivity index (χ2n) is 4.44. The normalized spacial score (nSPS) is 12.2. The highest BCUT2D eigenvalue weighted by Crippen LogP contribution is 2.33. The number of benzene rings is 2. The van der Waals surface area contributed by atoms with Crippen LogP contribution in [0.25, 0.3) is 0 Å². The molecule has 0 heterocycles. The van der Waals surface area contributed by atoms with Gasteiger partial charge in [-0.1, -0.05) is 42.5 Å². The Morgan fingerprint density at radius 1 is 1.11 bits per heavy atom. The fourth-order valence-electron chi connectivity index (χ4n) is 2.01. The zero-order chi connectivity index (χ0) is 13.7. The summed E-state index contributed by atoms with van der Waals surface area (Å²) in [5.74, 6) is 0.893. The van der Waals surface area contributed by atoms with Gasteiger partial charge in [0.15, 0.2) is 0 Å². The van der Waals surface area contributed by atoms with Crippen LogP contribution in [0.5, 0.6) is 5.75 Å². The summed E-state index contributed by atoms with van der Waals surface area (Å²) in [4.78, 5) is 0. The number of nitrogens with two attached hydrogens (primary N) is 1. The molecule has 0 bridgehead atoms. The second-order valence-corrected chi connectivity index (χ2v) is 5.29. The van der Waals surface area contributed by atoms with Crippen LogP contribution in [0, 0.1) is 0 Å². The molecule has 0 radical (unpaired) electrons. The predicted octanol–water partition coefficient (Wildman–Crippen LogP) is 4.09. The molecule has 19 heavy (non-hydrogen) atoms. The first-order chi connectivity index (χ1) is 9.22.